The van der Waals surface area contributed by atoms with Crippen LogP contribution in [0.2, 0.25) is 5.02 Å². The zero-order valence-corrected chi connectivity index (χ0v) is 24.3. The summed E-state index contributed by atoms with van der Waals surface area (Å²) in [4.78, 5) is 20.9. The van der Waals surface area contributed by atoms with Crippen LogP contribution >= 0.6 is 24.2 Å². The molecule has 1 amide bonds. The van der Waals surface area contributed by atoms with Crippen molar-refractivity contribution in [1.29, 1.82) is 0 Å². The fraction of sp³-hybridized carbons (Fsp3) is 0.214. The van der Waals surface area contributed by atoms with E-state index in [4.69, 9.17) is 11.6 Å². The average molecular weight is 636 g/mol. The highest BCUT2D eigenvalue weighted by Gasteiger charge is 2.32. The van der Waals surface area contributed by atoms with Crippen LogP contribution in [0, 0.1) is 0 Å². The molecule has 8 nitrogen and oxygen atoms in total. The molecule has 3 aromatic carbocycles. The number of nitrogens with one attached hydrogen (secondary N) is 2. The number of hydrogen-bond donors (Lipinski definition) is 3. The summed E-state index contributed by atoms with van der Waals surface area (Å²) in [6, 6.07) is 17.6. The minimum absolute atomic E-state index is 0.0472. The fourth-order valence-electron chi connectivity index (χ4n) is 4.58. The molecule has 1 aliphatic rings. The number of sulfonamides is 1. The van der Waals surface area contributed by atoms with E-state index in [0.717, 1.165) is 12.1 Å². The summed E-state index contributed by atoms with van der Waals surface area (Å²) in [7, 11) is -3.93. The summed E-state index contributed by atoms with van der Waals surface area (Å²) in [5.74, 6) is -0.230. The van der Waals surface area contributed by atoms with Gasteiger partial charge >= 0.3 is 6.18 Å². The van der Waals surface area contributed by atoms with E-state index in [-0.39, 0.29) is 21.5 Å². The van der Waals surface area contributed by atoms with Crippen LogP contribution in [0.4, 0.5) is 24.5 Å². The quantitative estimate of drug-likeness (QED) is 0.176. The third-order valence-corrected chi connectivity index (χ3v) is 8.99. The average Bonchev–Trinajstić information content (AvgIpc) is 2.97. The highest BCUT2D eigenvalue weighted by molar-refractivity contribution is 7.93. The first-order valence-electron chi connectivity index (χ1n) is 12.7. The molecule has 5 rings (SSSR count). The van der Waals surface area contributed by atoms with Crippen LogP contribution < -0.4 is 10.0 Å². The SMILES string of the molecule is O=C(c1ccc(NS(=O)(=O)c2cccc3cccnc23)cc1)N1CCN(C(S)Nc2cc(C(F)(F)F)ccc2Cl)CC1. The topological polar surface area (TPSA) is 94.6 Å². The lowest BCUT2D eigenvalue weighted by molar-refractivity contribution is -0.137. The standard InChI is InChI=1S/C28H25ClF3N5O3S2/c29-22-11-8-20(28(30,31)32)17-23(22)34-27(41)37-15-13-36(14-16-37)26(38)19-6-9-21(10-7-19)35-42(39,40)24-5-1-3-18-4-2-12-33-25(18)24/h1-12,17,27,34-35,41H,13-16H2. The first-order chi connectivity index (χ1) is 19.9. The number of nitrogens with zero attached hydrogens (tertiary/aromatic N) is 3. The predicted molar refractivity (Wildman–Crippen MR) is 159 cm³/mol. The van der Waals surface area contributed by atoms with Gasteiger partial charge in [0.05, 0.1) is 21.8 Å². The van der Waals surface area contributed by atoms with Crippen molar-refractivity contribution in [1.82, 2.24) is 14.8 Å². The smallest absolute Gasteiger partial charge is 0.360 e. The van der Waals surface area contributed by atoms with E-state index in [9.17, 15) is 26.4 Å². The molecule has 42 heavy (non-hydrogen) atoms. The normalized spacial score (nSPS) is 15.4. The Labute approximate surface area is 250 Å². The second-order valence-electron chi connectivity index (χ2n) is 9.55. The zero-order valence-electron chi connectivity index (χ0n) is 21.8. The minimum atomic E-state index is -4.50. The van der Waals surface area contributed by atoms with Gasteiger partial charge in [-0.05, 0) is 54.6 Å². The Balaban J connectivity index is 1.19. The van der Waals surface area contributed by atoms with Crippen LogP contribution in [0.25, 0.3) is 10.9 Å². The maximum Gasteiger partial charge on any atom is 0.416 e. The van der Waals surface area contributed by atoms with E-state index < -0.39 is 27.3 Å². The van der Waals surface area contributed by atoms with Crippen molar-refractivity contribution in [3.63, 3.8) is 0 Å². The number of benzene rings is 3. The van der Waals surface area contributed by atoms with Gasteiger partial charge in [0, 0.05) is 49.0 Å². The molecular weight excluding hydrogens is 611 g/mol. The highest BCUT2D eigenvalue weighted by Crippen LogP contribution is 2.34. The minimum Gasteiger partial charge on any atom is -0.360 e. The monoisotopic (exact) mass is 635 g/mol. The van der Waals surface area contributed by atoms with E-state index >= 15 is 0 Å². The molecule has 2 heterocycles. The number of rotatable bonds is 7. The Bertz CT molecular complexity index is 1710. The van der Waals surface area contributed by atoms with Crippen LogP contribution in [0.15, 0.2) is 83.9 Å². The van der Waals surface area contributed by atoms with Crippen LogP contribution in [0.3, 0.4) is 0 Å². The van der Waals surface area contributed by atoms with E-state index in [1.807, 2.05) is 4.90 Å². The number of aromatic nitrogens is 1. The van der Waals surface area contributed by atoms with Gasteiger partial charge in [-0.25, -0.2) is 8.42 Å². The van der Waals surface area contributed by atoms with Crippen molar-refractivity contribution in [3.05, 3.63) is 95.1 Å². The van der Waals surface area contributed by atoms with E-state index in [0.29, 0.717) is 48.3 Å². The lowest BCUT2D eigenvalue weighted by Gasteiger charge is -2.38. The second-order valence-corrected chi connectivity index (χ2v) is 12.1. The summed E-state index contributed by atoms with van der Waals surface area (Å²) in [5.41, 5.74) is -0.314. The summed E-state index contributed by atoms with van der Waals surface area (Å²) >= 11 is 10.6. The largest absolute Gasteiger partial charge is 0.416 e. The van der Waals surface area contributed by atoms with E-state index in [1.165, 1.54) is 30.5 Å². The number of alkyl halides is 3. The van der Waals surface area contributed by atoms with Crippen molar-refractivity contribution in [2.75, 3.05) is 36.2 Å². The van der Waals surface area contributed by atoms with Gasteiger partial charge in [0.2, 0.25) is 0 Å². The summed E-state index contributed by atoms with van der Waals surface area (Å²) < 4.78 is 68.0. The number of pyridine rings is 1. The number of hydrogen-bond acceptors (Lipinski definition) is 7. The molecule has 0 bridgehead atoms. The highest BCUT2D eigenvalue weighted by atomic mass is 35.5. The third-order valence-electron chi connectivity index (χ3n) is 6.79. The van der Waals surface area contributed by atoms with Gasteiger partial charge in [-0.1, -0.05) is 29.8 Å². The van der Waals surface area contributed by atoms with Crippen LogP contribution in [-0.2, 0) is 16.2 Å². The van der Waals surface area contributed by atoms with Gasteiger partial charge in [0.1, 0.15) is 10.4 Å². The Morgan fingerprint density at radius 2 is 1.67 bits per heavy atom. The Hall–Kier alpha value is -3.52. The van der Waals surface area contributed by atoms with Gasteiger partial charge in [0.15, 0.2) is 0 Å². The predicted octanol–water partition coefficient (Wildman–Crippen LogP) is 5.79. The molecule has 4 aromatic rings. The van der Waals surface area contributed by atoms with Gasteiger partial charge in [0.25, 0.3) is 15.9 Å². The number of para-hydroxylation sites is 1. The van der Waals surface area contributed by atoms with Crippen LogP contribution in [-0.4, -0.2) is 60.8 Å². The summed E-state index contributed by atoms with van der Waals surface area (Å²) in [6.07, 6.45) is -2.98. The van der Waals surface area contributed by atoms with Gasteiger partial charge in [-0.3, -0.25) is 19.4 Å². The fourth-order valence-corrected chi connectivity index (χ4v) is 6.36. The Morgan fingerprint density at radius 1 is 0.976 bits per heavy atom. The number of thiol groups is 1. The number of carbonyl (C=O) groups is 1. The molecule has 0 spiro atoms. The Morgan fingerprint density at radius 3 is 2.36 bits per heavy atom. The second kappa shape index (κ2) is 12.0. The summed E-state index contributed by atoms with van der Waals surface area (Å²) in [5, 5.41) is 3.74. The molecule has 0 saturated carbocycles. The molecule has 14 heteroatoms. The van der Waals surface area contributed by atoms with Crippen LogP contribution in [0.5, 0.6) is 0 Å². The van der Waals surface area contributed by atoms with E-state index in [2.05, 4.69) is 27.7 Å². The van der Waals surface area contributed by atoms with Crippen LogP contribution in [0.1, 0.15) is 15.9 Å². The van der Waals surface area contributed by atoms with Crippen molar-refractivity contribution in [2.45, 2.75) is 16.6 Å². The molecule has 1 fully saturated rings. The zero-order chi connectivity index (χ0) is 30.1. The molecule has 0 radical (unpaired) electrons. The Kier molecular flexibility index (Phi) is 8.56. The molecule has 1 aliphatic heterocycles. The summed E-state index contributed by atoms with van der Waals surface area (Å²) in [6.45, 7) is 1.55. The molecule has 1 unspecified atom stereocenters. The van der Waals surface area contributed by atoms with Crippen molar-refractivity contribution < 1.29 is 26.4 Å². The van der Waals surface area contributed by atoms with Crippen molar-refractivity contribution >= 4 is 62.4 Å². The number of anilines is 2. The van der Waals surface area contributed by atoms with Gasteiger partial charge in [-0.2, -0.15) is 13.2 Å². The number of fused-ring (bicyclic) bond motifs is 1. The molecule has 2 N–H and O–H groups in total. The molecule has 1 atom stereocenters. The molecule has 0 aliphatic carbocycles. The molecule has 220 valence electrons. The molecule has 1 saturated heterocycles. The number of halogens is 4. The first-order valence-corrected chi connectivity index (χ1v) is 15.1. The maximum absolute atomic E-state index is 13.1. The number of carbonyl (C=O) groups excluding carboxylic acids is 1. The third kappa shape index (κ3) is 6.59. The van der Waals surface area contributed by atoms with Crippen molar-refractivity contribution in [2.24, 2.45) is 0 Å². The lowest BCUT2D eigenvalue weighted by Crippen LogP contribution is -2.52. The van der Waals surface area contributed by atoms with Gasteiger partial charge in [-0.15, -0.1) is 12.6 Å². The molecule has 1 aromatic heterocycles. The van der Waals surface area contributed by atoms with Gasteiger partial charge < -0.3 is 10.2 Å². The first kappa shape index (κ1) is 30.0. The lowest BCUT2D eigenvalue weighted by atomic mass is 10.1. The molecular formula is C28H25ClF3N5O3S2. The van der Waals surface area contributed by atoms with E-state index in [1.54, 1.807) is 41.3 Å². The van der Waals surface area contributed by atoms with Crippen molar-refractivity contribution in [3.8, 4) is 0 Å². The number of piperazine rings is 1. The maximum atomic E-state index is 13.1. The number of amides is 1.